The van der Waals surface area contributed by atoms with Gasteiger partial charge in [0.2, 0.25) is 0 Å². The van der Waals surface area contributed by atoms with E-state index < -0.39 is 12.2 Å². The zero-order chi connectivity index (χ0) is 28.2. The Hall–Kier alpha value is -1.24. The first-order valence-corrected chi connectivity index (χ1v) is 14.9. The molecule has 5 aliphatic rings. The third-order valence-corrected chi connectivity index (χ3v) is 12.5. The van der Waals surface area contributed by atoms with Gasteiger partial charge in [0.25, 0.3) is 0 Å². The molecule has 1 saturated heterocycles. The molecule has 10 atom stereocenters. The lowest BCUT2D eigenvalue weighted by molar-refractivity contribution is -0.210. The summed E-state index contributed by atoms with van der Waals surface area (Å²) in [5.41, 5.74) is 1.10. The smallest absolute Gasteiger partial charge is 0.303 e. The number of carbonyl (C=O) groups is 2. The van der Waals surface area contributed by atoms with Crippen LogP contribution in [0.4, 0.5) is 0 Å². The molecule has 1 aliphatic heterocycles. The molecule has 0 radical (unpaired) electrons. The van der Waals surface area contributed by atoms with Crippen molar-refractivity contribution in [1.82, 2.24) is 0 Å². The molecule has 0 aromatic rings. The van der Waals surface area contributed by atoms with Gasteiger partial charge in [-0.25, -0.2) is 0 Å². The fourth-order valence-corrected chi connectivity index (χ4v) is 10.5. The number of esters is 1. The number of carbonyl (C=O) groups excluding carboxylic acids is 2. The van der Waals surface area contributed by atoms with E-state index in [-0.39, 0.29) is 63.2 Å². The monoisotopic (exact) mass is 530 g/mol. The molecule has 0 bridgehead atoms. The van der Waals surface area contributed by atoms with Crippen LogP contribution in [0.25, 0.3) is 0 Å². The Balaban J connectivity index is 1.55. The van der Waals surface area contributed by atoms with E-state index in [2.05, 4.69) is 41.5 Å². The average Bonchev–Trinajstić information content (AvgIpc) is 3.32. The number of ketones is 1. The molecular weight excluding hydrogens is 480 g/mol. The zero-order valence-corrected chi connectivity index (χ0v) is 25.0. The van der Waals surface area contributed by atoms with E-state index in [0.717, 1.165) is 24.8 Å². The van der Waals surface area contributed by atoms with Crippen LogP contribution in [0.3, 0.4) is 0 Å². The fraction of sp³-hybridized carbons (Fsp3) is 0.875. The van der Waals surface area contributed by atoms with Crippen LogP contribution in [0, 0.1) is 39.4 Å². The Morgan fingerprint density at radius 1 is 1.13 bits per heavy atom. The molecule has 214 valence electrons. The molecule has 0 aromatic heterocycles. The Morgan fingerprint density at radius 2 is 1.76 bits per heavy atom. The molecule has 1 heterocycles. The van der Waals surface area contributed by atoms with Crippen molar-refractivity contribution in [3.05, 3.63) is 11.1 Å². The summed E-state index contributed by atoms with van der Waals surface area (Å²) >= 11 is 0. The van der Waals surface area contributed by atoms with Crippen LogP contribution in [-0.2, 0) is 19.1 Å². The second-order valence-corrected chi connectivity index (χ2v) is 15.3. The largest absolute Gasteiger partial charge is 0.458 e. The molecule has 0 unspecified atom stereocenters. The number of aliphatic hydroxyl groups is 2. The van der Waals surface area contributed by atoms with E-state index in [1.165, 1.54) is 12.5 Å². The van der Waals surface area contributed by atoms with Crippen molar-refractivity contribution < 1.29 is 29.3 Å². The minimum absolute atomic E-state index is 0.00307. The SMILES string of the molecule is CC(=O)O[C@H]1C[C@@]2(C)C(=C1[C@H](C)C[C@H](O)[C@H]1OC1(C)C)C[C@H](O)[C@H]1[C@@]3(C)CCC(=O)C(C)(C)[C@@H]3CC[C@@]12C. The van der Waals surface area contributed by atoms with Crippen molar-refractivity contribution in [2.45, 2.75) is 137 Å². The Kier molecular flexibility index (Phi) is 6.43. The molecule has 0 amide bonds. The van der Waals surface area contributed by atoms with Gasteiger partial charge in [-0.05, 0) is 91.9 Å². The van der Waals surface area contributed by atoms with Crippen LogP contribution in [0.2, 0.25) is 0 Å². The van der Waals surface area contributed by atoms with Crippen LogP contribution in [0.5, 0.6) is 0 Å². The Labute approximate surface area is 228 Å². The van der Waals surface area contributed by atoms with E-state index in [1.54, 1.807) is 0 Å². The van der Waals surface area contributed by atoms with E-state index in [9.17, 15) is 19.8 Å². The van der Waals surface area contributed by atoms with E-state index in [4.69, 9.17) is 9.47 Å². The normalized spacial score (nSPS) is 46.5. The highest BCUT2D eigenvalue weighted by atomic mass is 16.6. The molecular formula is C32H50O6. The highest BCUT2D eigenvalue weighted by Crippen LogP contribution is 2.74. The molecule has 2 N–H and O–H groups in total. The number of fused-ring (bicyclic) bond motifs is 5. The maximum absolute atomic E-state index is 13.0. The van der Waals surface area contributed by atoms with Gasteiger partial charge in [-0.2, -0.15) is 0 Å². The van der Waals surface area contributed by atoms with E-state index >= 15 is 0 Å². The molecule has 38 heavy (non-hydrogen) atoms. The predicted molar refractivity (Wildman–Crippen MR) is 145 cm³/mol. The summed E-state index contributed by atoms with van der Waals surface area (Å²) in [5.74, 6) is 0.374. The molecule has 6 heteroatoms. The Morgan fingerprint density at radius 3 is 2.34 bits per heavy atom. The molecule has 3 saturated carbocycles. The maximum Gasteiger partial charge on any atom is 0.303 e. The standard InChI is InChI=1S/C32H50O6/c1-17(14-21(35)27-29(5,6)38-27)25-19-15-20(34)26-30(7)12-11-24(36)28(3,4)23(30)10-13-31(26,8)32(19,9)16-22(25)37-18(2)33/h17,20-23,26-27,34-35H,10-16H2,1-9H3/t17-,20+,21+,22+,23+,26+,27-,30+,31+,32+/m1/s1. The second-order valence-electron chi connectivity index (χ2n) is 15.3. The van der Waals surface area contributed by atoms with Crippen molar-refractivity contribution in [1.29, 1.82) is 0 Å². The van der Waals surface area contributed by atoms with Crippen LogP contribution in [0.15, 0.2) is 11.1 Å². The third-order valence-electron chi connectivity index (χ3n) is 12.5. The van der Waals surface area contributed by atoms with Crippen molar-refractivity contribution in [2.24, 2.45) is 39.4 Å². The van der Waals surface area contributed by atoms with Gasteiger partial charge in [0.15, 0.2) is 0 Å². The van der Waals surface area contributed by atoms with Gasteiger partial charge in [0.1, 0.15) is 18.0 Å². The molecule has 6 nitrogen and oxygen atoms in total. The average molecular weight is 531 g/mol. The number of epoxide rings is 1. The van der Waals surface area contributed by atoms with Crippen molar-refractivity contribution >= 4 is 11.8 Å². The summed E-state index contributed by atoms with van der Waals surface area (Å²) < 4.78 is 11.7. The molecule has 0 spiro atoms. The Bertz CT molecular complexity index is 1060. The summed E-state index contributed by atoms with van der Waals surface area (Å²) in [6.07, 6.45) is 3.48. The van der Waals surface area contributed by atoms with Gasteiger partial charge in [-0.1, -0.05) is 47.1 Å². The van der Waals surface area contributed by atoms with Gasteiger partial charge in [0, 0.05) is 18.8 Å². The summed E-state index contributed by atoms with van der Waals surface area (Å²) in [6, 6.07) is 0. The first-order chi connectivity index (χ1) is 17.4. The molecule has 4 aliphatic carbocycles. The topological polar surface area (TPSA) is 96.4 Å². The van der Waals surface area contributed by atoms with E-state index in [1.807, 2.05) is 13.8 Å². The number of Topliss-reactive ketones (excluding diaryl/α,β-unsaturated/α-hetero) is 1. The summed E-state index contributed by atoms with van der Waals surface area (Å²) in [5, 5.41) is 23.0. The quantitative estimate of drug-likeness (QED) is 0.281. The predicted octanol–water partition coefficient (Wildman–Crippen LogP) is 5.38. The molecule has 5 rings (SSSR count). The summed E-state index contributed by atoms with van der Waals surface area (Å²) in [6.45, 7) is 18.9. The van der Waals surface area contributed by atoms with Crippen molar-refractivity contribution in [3.8, 4) is 0 Å². The lowest BCUT2D eigenvalue weighted by Gasteiger charge is -2.68. The molecule has 0 aromatic carbocycles. The highest BCUT2D eigenvalue weighted by Gasteiger charge is 2.70. The highest BCUT2D eigenvalue weighted by molar-refractivity contribution is 5.85. The van der Waals surface area contributed by atoms with Crippen LogP contribution >= 0.6 is 0 Å². The number of hydrogen-bond donors (Lipinski definition) is 2. The van der Waals surface area contributed by atoms with Gasteiger partial charge in [-0.3, -0.25) is 9.59 Å². The zero-order valence-electron chi connectivity index (χ0n) is 25.0. The van der Waals surface area contributed by atoms with Crippen LogP contribution in [0.1, 0.15) is 107 Å². The first kappa shape index (κ1) is 28.3. The number of rotatable bonds is 5. The lowest BCUT2D eigenvalue weighted by Crippen LogP contribution is -2.65. The van der Waals surface area contributed by atoms with Gasteiger partial charge >= 0.3 is 5.97 Å². The minimum atomic E-state index is -0.592. The minimum Gasteiger partial charge on any atom is -0.458 e. The molecule has 4 fully saturated rings. The van der Waals surface area contributed by atoms with Gasteiger partial charge < -0.3 is 19.7 Å². The second kappa shape index (κ2) is 8.63. The van der Waals surface area contributed by atoms with Crippen LogP contribution < -0.4 is 0 Å². The number of hydrogen-bond acceptors (Lipinski definition) is 6. The van der Waals surface area contributed by atoms with E-state index in [0.29, 0.717) is 31.5 Å². The summed E-state index contributed by atoms with van der Waals surface area (Å²) in [7, 11) is 0. The first-order valence-electron chi connectivity index (χ1n) is 14.9. The van der Waals surface area contributed by atoms with Crippen molar-refractivity contribution in [2.75, 3.05) is 0 Å². The fourth-order valence-electron chi connectivity index (χ4n) is 10.5. The third kappa shape index (κ3) is 3.83. The van der Waals surface area contributed by atoms with Gasteiger partial charge in [-0.15, -0.1) is 0 Å². The lowest BCUT2D eigenvalue weighted by atomic mass is 9.36. The maximum atomic E-state index is 13.0. The number of aliphatic hydroxyl groups excluding tert-OH is 2. The van der Waals surface area contributed by atoms with Crippen molar-refractivity contribution in [3.63, 3.8) is 0 Å². The van der Waals surface area contributed by atoms with Crippen LogP contribution in [-0.4, -0.2) is 52.0 Å². The summed E-state index contributed by atoms with van der Waals surface area (Å²) in [4.78, 5) is 25.3. The number of ether oxygens (including phenoxy) is 2. The van der Waals surface area contributed by atoms with Gasteiger partial charge in [0.05, 0.1) is 17.8 Å².